The molecule has 80 valence electrons. The van der Waals surface area contributed by atoms with Gasteiger partial charge in [-0.25, -0.2) is 0 Å². The molecule has 14 heavy (non-hydrogen) atoms. The Kier molecular flexibility index (Phi) is 3.23. The third kappa shape index (κ3) is 2.30. The summed E-state index contributed by atoms with van der Waals surface area (Å²) in [5.74, 6) is 0.669. The first-order valence-electron chi connectivity index (χ1n) is 4.63. The predicted octanol–water partition coefficient (Wildman–Crippen LogP) is 1.39. The maximum atomic E-state index is 9.20. The molecule has 0 radical (unpaired) electrons. The summed E-state index contributed by atoms with van der Waals surface area (Å²) >= 11 is 0. The molecule has 0 saturated carbocycles. The van der Waals surface area contributed by atoms with E-state index in [1.807, 2.05) is 20.8 Å². The Balaban J connectivity index is 2.85. The zero-order chi connectivity index (χ0) is 10.8. The van der Waals surface area contributed by atoms with Crippen LogP contribution in [0.4, 0.5) is 0 Å². The number of rotatable bonds is 4. The van der Waals surface area contributed by atoms with Gasteiger partial charge >= 0.3 is 0 Å². The van der Waals surface area contributed by atoms with Crippen LogP contribution >= 0.6 is 0 Å². The molecule has 1 aromatic rings. The van der Waals surface area contributed by atoms with Crippen molar-refractivity contribution in [2.45, 2.75) is 39.4 Å². The van der Waals surface area contributed by atoms with Gasteiger partial charge in [0.2, 0.25) is 5.82 Å². The van der Waals surface area contributed by atoms with E-state index in [0.717, 1.165) is 0 Å². The number of hydrogen-bond acceptors (Lipinski definition) is 5. The summed E-state index contributed by atoms with van der Waals surface area (Å²) in [5, 5.41) is 13.0. The second-order valence-electron chi connectivity index (χ2n) is 3.58. The predicted molar refractivity (Wildman–Crippen MR) is 49.6 cm³/mol. The van der Waals surface area contributed by atoms with Crippen molar-refractivity contribution < 1.29 is 14.4 Å². The first kappa shape index (κ1) is 11.1. The van der Waals surface area contributed by atoms with Crippen LogP contribution in [0.25, 0.3) is 0 Å². The molecule has 1 aromatic heterocycles. The number of aromatic nitrogens is 2. The van der Waals surface area contributed by atoms with Crippen molar-refractivity contribution in [1.82, 2.24) is 10.1 Å². The van der Waals surface area contributed by atoms with E-state index < -0.39 is 11.7 Å². The molecule has 0 amide bonds. The van der Waals surface area contributed by atoms with Crippen LogP contribution in [0.15, 0.2) is 4.52 Å². The SMILES string of the molecule is CCOC(C)(C)c1noc([C@H](C)O)n1. The van der Waals surface area contributed by atoms with Crippen LogP contribution in [0.5, 0.6) is 0 Å². The van der Waals surface area contributed by atoms with Crippen molar-refractivity contribution in [3.8, 4) is 0 Å². The number of nitrogens with zero attached hydrogens (tertiary/aromatic N) is 2. The van der Waals surface area contributed by atoms with Gasteiger partial charge in [-0.05, 0) is 27.7 Å². The Morgan fingerprint density at radius 1 is 1.57 bits per heavy atom. The maximum Gasteiger partial charge on any atom is 0.255 e. The highest BCUT2D eigenvalue weighted by Crippen LogP contribution is 2.22. The van der Waals surface area contributed by atoms with Gasteiger partial charge in [0.25, 0.3) is 5.89 Å². The van der Waals surface area contributed by atoms with Gasteiger partial charge in [0, 0.05) is 6.61 Å². The number of aliphatic hydroxyl groups excluding tert-OH is 1. The molecule has 1 N–H and O–H groups in total. The van der Waals surface area contributed by atoms with Crippen molar-refractivity contribution >= 4 is 0 Å². The average Bonchev–Trinajstić information content (AvgIpc) is 2.51. The van der Waals surface area contributed by atoms with Gasteiger partial charge in [0.15, 0.2) is 0 Å². The van der Waals surface area contributed by atoms with Gasteiger partial charge in [0.1, 0.15) is 11.7 Å². The molecule has 1 atom stereocenters. The molecule has 5 heteroatoms. The molecule has 0 aliphatic carbocycles. The average molecular weight is 200 g/mol. The highest BCUT2D eigenvalue weighted by molar-refractivity contribution is 4.98. The van der Waals surface area contributed by atoms with Crippen LogP contribution in [0.2, 0.25) is 0 Å². The fourth-order valence-electron chi connectivity index (χ4n) is 1.07. The lowest BCUT2D eigenvalue weighted by atomic mass is 10.1. The molecule has 1 rings (SSSR count). The summed E-state index contributed by atoms with van der Waals surface area (Å²) in [5.41, 5.74) is -0.578. The third-order valence-electron chi connectivity index (χ3n) is 1.84. The second kappa shape index (κ2) is 4.06. The van der Waals surface area contributed by atoms with Gasteiger partial charge in [-0.15, -0.1) is 0 Å². The number of aliphatic hydroxyl groups is 1. The zero-order valence-electron chi connectivity index (χ0n) is 8.94. The molecule has 0 fully saturated rings. The maximum absolute atomic E-state index is 9.20. The Hall–Kier alpha value is -0.940. The van der Waals surface area contributed by atoms with Crippen LogP contribution in [0, 0.1) is 0 Å². The third-order valence-corrected chi connectivity index (χ3v) is 1.84. The highest BCUT2D eigenvalue weighted by atomic mass is 16.5. The fourth-order valence-corrected chi connectivity index (χ4v) is 1.07. The molecule has 0 unspecified atom stereocenters. The fraction of sp³-hybridized carbons (Fsp3) is 0.778. The van der Waals surface area contributed by atoms with E-state index in [4.69, 9.17) is 9.26 Å². The Bertz CT molecular complexity index is 294. The van der Waals surface area contributed by atoms with E-state index in [1.165, 1.54) is 0 Å². The molecule has 0 aliphatic rings. The van der Waals surface area contributed by atoms with Crippen LogP contribution in [0.3, 0.4) is 0 Å². The van der Waals surface area contributed by atoms with Gasteiger partial charge in [-0.3, -0.25) is 0 Å². The first-order chi connectivity index (χ1) is 6.47. The van der Waals surface area contributed by atoms with Crippen molar-refractivity contribution in [3.05, 3.63) is 11.7 Å². The molecule has 1 heterocycles. The summed E-state index contributed by atoms with van der Waals surface area (Å²) in [4.78, 5) is 4.05. The highest BCUT2D eigenvalue weighted by Gasteiger charge is 2.27. The number of hydrogen-bond donors (Lipinski definition) is 1. The van der Waals surface area contributed by atoms with Crippen molar-refractivity contribution in [1.29, 1.82) is 0 Å². The normalized spacial score (nSPS) is 14.4. The summed E-state index contributed by atoms with van der Waals surface area (Å²) in [7, 11) is 0. The lowest BCUT2D eigenvalue weighted by Gasteiger charge is -2.19. The molecular weight excluding hydrogens is 184 g/mol. The van der Waals surface area contributed by atoms with E-state index in [-0.39, 0.29) is 5.89 Å². The second-order valence-corrected chi connectivity index (χ2v) is 3.58. The first-order valence-corrected chi connectivity index (χ1v) is 4.63. The summed E-state index contributed by atoms with van der Waals surface area (Å²) in [6.07, 6.45) is -0.742. The Morgan fingerprint density at radius 3 is 2.64 bits per heavy atom. The summed E-state index contributed by atoms with van der Waals surface area (Å²) < 4.78 is 10.3. The van der Waals surface area contributed by atoms with Gasteiger partial charge in [-0.1, -0.05) is 5.16 Å². The van der Waals surface area contributed by atoms with Crippen LogP contribution < -0.4 is 0 Å². The van der Waals surface area contributed by atoms with Crippen molar-refractivity contribution in [3.63, 3.8) is 0 Å². The summed E-state index contributed by atoms with van der Waals surface area (Å²) in [6.45, 7) is 7.76. The van der Waals surface area contributed by atoms with Gasteiger partial charge in [-0.2, -0.15) is 4.98 Å². The quantitative estimate of drug-likeness (QED) is 0.795. The van der Waals surface area contributed by atoms with Crippen molar-refractivity contribution in [2.24, 2.45) is 0 Å². The van der Waals surface area contributed by atoms with Crippen LogP contribution in [-0.4, -0.2) is 21.9 Å². The molecule has 5 nitrogen and oxygen atoms in total. The van der Waals surface area contributed by atoms with E-state index in [0.29, 0.717) is 12.4 Å². The number of ether oxygens (including phenoxy) is 1. The lowest BCUT2D eigenvalue weighted by molar-refractivity contribution is -0.0221. The Labute approximate surface area is 83.1 Å². The largest absolute Gasteiger partial charge is 0.384 e. The minimum absolute atomic E-state index is 0.216. The smallest absolute Gasteiger partial charge is 0.255 e. The van der Waals surface area contributed by atoms with E-state index in [1.54, 1.807) is 6.92 Å². The molecule has 0 spiro atoms. The molecule has 0 aromatic carbocycles. The van der Waals surface area contributed by atoms with E-state index >= 15 is 0 Å². The molecule has 0 saturated heterocycles. The van der Waals surface area contributed by atoms with E-state index in [2.05, 4.69) is 10.1 Å². The van der Waals surface area contributed by atoms with Gasteiger partial charge in [0.05, 0.1) is 0 Å². The molecule has 0 bridgehead atoms. The minimum atomic E-state index is -0.742. The summed E-state index contributed by atoms with van der Waals surface area (Å²) in [6, 6.07) is 0. The van der Waals surface area contributed by atoms with Crippen LogP contribution in [0.1, 0.15) is 45.5 Å². The topological polar surface area (TPSA) is 68.4 Å². The zero-order valence-corrected chi connectivity index (χ0v) is 8.94. The lowest BCUT2D eigenvalue weighted by Crippen LogP contribution is -2.23. The minimum Gasteiger partial charge on any atom is -0.384 e. The van der Waals surface area contributed by atoms with Crippen LogP contribution in [-0.2, 0) is 10.3 Å². The molecular formula is C9H16N2O3. The Morgan fingerprint density at radius 2 is 2.21 bits per heavy atom. The van der Waals surface area contributed by atoms with Crippen molar-refractivity contribution in [2.75, 3.05) is 6.61 Å². The standard InChI is InChI=1S/C9H16N2O3/c1-5-13-9(3,4)8-10-7(6(2)12)14-11-8/h6,12H,5H2,1-4H3/t6-/m0/s1. The van der Waals surface area contributed by atoms with E-state index in [9.17, 15) is 5.11 Å². The monoisotopic (exact) mass is 200 g/mol. The van der Waals surface area contributed by atoms with Gasteiger partial charge < -0.3 is 14.4 Å². The molecule has 0 aliphatic heterocycles.